The van der Waals surface area contributed by atoms with Crippen LogP contribution in [0.3, 0.4) is 0 Å². The zero-order chi connectivity index (χ0) is 17.1. The van der Waals surface area contributed by atoms with Crippen molar-refractivity contribution in [2.75, 3.05) is 31.0 Å². The van der Waals surface area contributed by atoms with Crippen molar-refractivity contribution < 1.29 is 19.1 Å². The highest BCUT2D eigenvalue weighted by Gasteiger charge is 2.24. The predicted molar refractivity (Wildman–Crippen MR) is 90.7 cm³/mol. The van der Waals surface area contributed by atoms with Crippen molar-refractivity contribution in [3.63, 3.8) is 0 Å². The van der Waals surface area contributed by atoms with E-state index in [1.54, 1.807) is 49.4 Å². The minimum Gasteiger partial charge on any atom is -0.497 e. The Labute approximate surface area is 140 Å². The van der Waals surface area contributed by atoms with Crippen LogP contribution in [0, 0.1) is 0 Å². The van der Waals surface area contributed by atoms with Crippen LogP contribution in [0.1, 0.15) is 5.56 Å². The molecule has 6 nitrogen and oxygen atoms in total. The molecule has 6 heteroatoms. The molecule has 0 bridgehead atoms. The number of methoxy groups -OCH3 is 1. The number of nitrogens with zero attached hydrogens (tertiary/aromatic N) is 1. The summed E-state index contributed by atoms with van der Waals surface area (Å²) in [5.74, 6) is 1.01. The van der Waals surface area contributed by atoms with Crippen LogP contribution in [-0.4, -0.2) is 32.6 Å². The highest BCUT2D eigenvalue weighted by atomic mass is 16.5. The predicted octanol–water partition coefficient (Wildman–Crippen LogP) is 2.23. The Hall–Kier alpha value is -3.02. The molecule has 0 spiro atoms. The van der Waals surface area contributed by atoms with Crippen molar-refractivity contribution in [2.24, 2.45) is 0 Å². The first-order valence-corrected chi connectivity index (χ1v) is 7.53. The molecule has 124 valence electrons. The van der Waals surface area contributed by atoms with E-state index in [-0.39, 0.29) is 18.4 Å². The maximum atomic E-state index is 12.0. The Morgan fingerprint density at radius 2 is 2.00 bits per heavy atom. The first kappa shape index (κ1) is 15.9. The Bertz CT molecular complexity index is 788. The van der Waals surface area contributed by atoms with Crippen LogP contribution in [-0.2, 0) is 16.0 Å². The minimum absolute atomic E-state index is 0.0508. The molecule has 1 heterocycles. The highest BCUT2D eigenvalue weighted by Crippen LogP contribution is 2.29. The molecule has 0 radical (unpaired) electrons. The van der Waals surface area contributed by atoms with Gasteiger partial charge in [0, 0.05) is 24.5 Å². The fraction of sp³-hybridized carbons (Fsp3) is 0.222. The standard InChI is InChI=1S/C18H18N2O4/c1-20-16-7-6-13(8-12(16)9-18(20)22)19-17(21)11-24-15-5-3-4-14(10-15)23-2/h3-8,10H,9,11H2,1-2H3,(H,19,21). The molecule has 0 aliphatic carbocycles. The maximum absolute atomic E-state index is 12.0. The Morgan fingerprint density at radius 1 is 1.21 bits per heavy atom. The summed E-state index contributed by atoms with van der Waals surface area (Å²) in [5.41, 5.74) is 2.44. The topological polar surface area (TPSA) is 67.9 Å². The summed E-state index contributed by atoms with van der Waals surface area (Å²) in [7, 11) is 3.32. The minimum atomic E-state index is -0.268. The number of anilines is 2. The number of ether oxygens (including phenoxy) is 2. The lowest BCUT2D eigenvalue weighted by atomic mass is 10.1. The van der Waals surface area contributed by atoms with Crippen molar-refractivity contribution in [3.05, 3.63) is 48.0 Å². The Morgan fingerprint density at radius 3 is 2.79 bits per heavy atom. The van der Waals surface area contributed by atoms with Gasteiger partial charge in [-0.3, -0.25) is 9.59 Å². The van der Waals surface area contributed by atoms with E-state index in [1.165, 1.54) is 0 Å². The Balaban J connectivity index is 1.59. The lowest BCUT2D eigenvalue weighted by Gasteiger charge is -2.11. The summed E-state index contributed by atoms with van der Waals surface area (Å²) in [4.78, 5) is 25.3. The third-order valence-electron chi connectivity index (χ3n) is 3.85. The van der Waals surface area contributed by atoms with Crippen LogP contribution < -0.4 is 19.7 Å². The summed E-state index contributed by atoms with van der Waals surface area (Å²) in [5, 5.41) is 2.78. The van der Waals surface area contributed by atoms with Gasteiger partial charge < -0.3 is 19.7 Å². The second kappa shape index (κ2) is 6.62. The van der Waals surface area contributed by atoms with E-state index in [0.29, 0.717) is 23.6 Å². The number of amides is 2. The summed E-state index contributed by atoms with van der Waals surface area (Å²) in [6.45, 7) is -0.108. The smallest absolute Gasteiger partial charge is 0.262 e. The number of hydrogen-bond donors (Lipinski definition) is 1. The van der Waals surface area contributed by atoms with Gasteiger partial charge in [0.1, 0.15) is 11.5 Å². The summed E-state index contributed by atoms with van der Waals surface area (Å²) in [6, 6.07) is 12.5. The highest BCUT2D eigenvalue weighted by molar-refractivity contribution is 6.02. The lowest BCUT2D eigenvalue weighted by molar-refractivity contribution is -0.118. The van der Waals surface area contributed by atoms with E-state index >= 15 is 0 Å². The summed E-state index contributed by atoms with van der Waals surface area (Å²) >= 11 is 0. The van der Waals surface area contributed by atoms with Crippen LogP contribution in [0.2, 0.25) is 0 Å². The van der Waals surface area contributed by atoms with Crippen LogP contribution in [0.15, 0.2) is 42.5 Å². The van der Waals surface area contributed by atoms with Crippen LogP contribution >= 0.6 is 0 Å². The summed E-state index contributed by atoms with van der Waals surface area (Å²) < 4.78 is 10.6. The average Bonchev–Trinajstić information content (AvgIpc) is 2.87. The van der Waals surface area contributed by atoms with E-state index < -0.39 is 0 Å². The zero-order valence-electron chi connectivity index (χ0n) is 13.5. The van der Waals surface area contributed by atoms with Crippen LogP contribution in [0.4, 0.5) is 11.4 Å². The molecule has 3 rings (SSSR count). The second-order valence-electron chi connectivity index (χ2n) is 5.49. The van der Waals surface area contributed by atoms with Gasteiger partial charge in [0.15, 0.2) is 6.61 Å². The molecular weight excluding hydrogens is 308 g/mol. The SMILES string of the molecule is COc1cccc(OCC(=O)Nc2ccc3c(c2)CC(=O)N3C)c1. The first-order valence-electron chi connectivity index (χ1n) is 7.53. The number of rotatable bonds is 5. The number of hydrogen-bond acceptors (Lipinski definition) is 4. The number of likely N-dealkylation sites (N-methyl/N-ethyl adjacent to an activating group) is 1. The molecule has 0 atom stereocenters. The van der Waals surface area contributed by atoms with E-state index in [0.717, 1.165) is 11.3 Å². The van der Waals surface area contributed by atoms with Gasteiger partial charge in [-0.05, 0) is 35.9 Å². The molecule has 2 aromatic carbocycles. The molecule has 0 unspecified atom stereocenters. The second-order valence-corrected chi connectivity index (χ2v) is 5.49. The van der Waals surface area contributed by atoms with Crippen LogP contribution in [0.25, 0.3) is 0 Å². The Kier molecular flexibility index (Phi) is 4.37. The van der Waals surface area contributed by atoms with E-state index in [9.17, 15) is 9.59 Å². The van der Waals surface area contributed by atoms with Crippen molar-refractivity contribution in [1.29, 1.82) is 0 Å². The molecule has 24 heavy (non-hydrogen) atoms. The molecule has 1 aliphatic rings. The van der Waals surface area contributed by atoms with E-state index in [1.807, 2.05) is 12.1 Å². The summed E-state index contributed by atoms with van der Waals surface area (Å²) in [6.07, 6.45) is 0.357. The van der Waals surface area contributed by atoms with Gasteiger partial charge in [-0.15, -0.1) is 0 Å². The molecule has 1 aliphatic heterocycles. The van der Waals surface area contributed by atoms with Gasteiger partial charge in [-0.25, -0.2) is 0 Å². The maximum Gasteiger partial charge on any atom is 0.262 e. The largest absolute Gasteiger partial charge is 0.497 e. The average molecular weight is 326 g/mol. The molecule has 0 saturated heterocycles. The number of carbonyl (C=O) groups is 2. The molecule has 0 saturated carbocycles. The third kappa shape index (κ3) is 3.32. The van der Waals surface area contributed by atoms with Gasteiger partial charge in [0.2, 0.25) is 5.91 Å². The quantitative estimate of drug-likeness (QED) is 0.915. The van der Waals surface area contributed by atoms with Gasteiger partial charge >= 0.3 is 0 Å². The van der Waals surface area contributed by atoms with Gasteiger partial charge in [0.05, 0.1) is 13.5 Å². The fourth-order valence-corrected chi connectivity index (χ4v) is 2.58. The number of nitrogens with one attached hydrogen (secondary N) is 1. The molecule has 2 aromatic rings. The third-order valence-corrected chi connectivity index (χ3v) is 3.85. The monoisotopic (exact) mass is 326 g/mol. The first-order chi connectivity index (χ1) is 11.6. The van der Waals surface area contributed by atoms with Crippen LogP contribution in [0.5, 0.6) is 11.5 Å². The van der Waals surface area contributed by atoms with Gasteiger partial charge in [-0.2, -0.15) is 0 Å². The van der Waals surface area contributed by atoms with Crippen molar-refractivity contribution in [3.8, 4) is 11.5 Å². The lowest BCUT2D eigenvalue weighted by Crippen LogP contribution is -2.20. The van der Waals surface area contributed by atoms with Gasteiger partial charge in [0.25, 0.3) is 5.91 Å². The van der Waals surface area contributed by atoms with Gasteiger partial charge in [-0.1, -0.05) is 6.07 Å². The molecule has 0 aromatic heterocycles. The molecule has 1 N–H and O–H groups in total. The fourth-order valence-electron chi connectivity index (χ4n) is 2.58. The number of fused-ring (bicyclic) bond motifs is 1. The molecule has 2 amide bonds. The number of benzene rings is 2. The van der Waals surface area contributed by atoms with Crippen molar-refractivity contribution >= 4 is 23.2 Å². The normalized spacial score (nSPS) is 12.8. The number of carbonyl (C=O) groups excluding carboxylic acids is 2. The van der Waals surface area contributed by atoms with Crippen molar-refractivity contribution in [2.45, 2.75) is 6.42 Å². The molecule has 0 fully saturated rings. The van der Waals surface area contributed by atoms with Crippen molar-refractivity contribution in [1.82, 2.24) is 0 Å². The molecular formula is C18H18N2O4. The zero-order valence-corrected chi connectivity index (χ0v) is 13.5. The van der Waals surface area contributed by atoms with E-state index in [4.69, 9.17) is 9.47 Å². The van der Waals surface area contributed by atoms with E-state index in [2.05, 4.69) is 5.32 Å².